The number of furan rings is 1. The average Bonchev–Trinajstić information content (AvgIpc) is 3.14. The van der Waals surface area contributed by atoms with Gasteiger partial charge in [0.2, 0.25) is 5.91 Å². The van der Waals surface area contributed by atoms with E-state index in [-0.39, 0.29) is 11.7 Å². The number of carbonyl (C=O) groups is 1. The van der Waals surface area contributed by atoms with Crippen LogP contribution in [-0.2, 0) is 4.79 Å². The second-order valence-electron chi connectivity index (χ2n) is 5.33. The van der Waals surface area contributed by atoms with Crippen LogP contribution in [0.25, 0.3) is 0 Å². The van der Waals surface area contributed by atoms with Crippen molar-refractivity contribution in [3.05, 3.63) is 72.5 Å². The summed E-state index contributed by atoms with van der Waals surface area (Å²) in [4.78, 5) is 14.0. The van der Waals surface area contributed by atoms with Crippen molar-refractivity contribution >= 4 is 35.6 Å². The van der Waals surface area contributed by atoms with Gasteiger partial charge in [-0.05, 0) is 48.5 Å². The predicted octanol–water partition coefficient (Wildman–Crippen LogP) is 4.68. The van der Waals surface area contributed by atoms with E-state index in [4.69, 9.17) is 9.15 Å². The summed E-state index contributed by atoms with van der Waals surface area (Å²) < 4.78 is 10.8. The van der Waals surface area contributed by atoms with Crippen LogP contribution in [-0.4, -0.2) is 25.0 Å². The third-order valence-electron chi connectivity index (χ3n) is 3.37. The van der Waals surface area contributed by atoms with Crippen molar-refractivity contribution in [1.82, 2.24) is 5.43 Å². The maximum Gasteiger partial charge on any atom is 0.250 e. The van der Waals surface area contributed by atoms with E-state index in [1.807, 2.05) is 66.7 Å². The molecule has 0 atom stereocenters. The first-order valence-corrected chi connectivity index (χ1v) is 9.94. The molecule has 0 fully saturated rings. The van der Waals surface area contributed by atoms with Crippen LogP contribution in [0.3, 0.4) is 0 Å². The summed E-state index contributed by atoms with van der Waals surface area (Å²) in [7, 11) is 1.62. The van der Waals surface area contributed by atoms with Gasteiger partial charge in [-0.1, -0.05) is 30.0 Å². The molecule has 0 saturated carbocycles. The first kappa shape index (κ1) is 19.1. The lowest BCUT2D eigenvalue weighted by Crippen LogP contribution is -2.19. The fourth-order valence-corrected chi connectivity index (χ4v) is 3.57. The number of thioether (sulfide) groups is 1. The Morgan fingerprint density at radius 2 is 1.85 bits per heavy atom. The van der Waals surface area contributed by atoms with E-state index in [2.05, 4.69) is 10.5 Å². The lowest BCUT2D eigenvalue weighted by molar-refractivity contribution is -0.118. The lowest BCUT2D eigenvalue weighted by atomic mass is 10.3. The first-order valence-electron chi connectivity index (χ1n) is 8.14. The second kappa shape index (κ2) is 9.89. The van der Waals surface area contributed by atoms with Gasteiger partial charge in [-0.3, -0.25) is 4.79 Å². The maximum absolute atomic E-state index is 11.9. The summed E-state index contributed by atoms with van der Waals surface area (Å²) in [5.74, 6) is 1.46. The number of rotatable bonds is 8. The van der Waals surface area contributed by atoms with E-state index in [1.165, 1.54) is 29.7 Å². The van der Waals surface area contributed by atoms with Gasteiger partial charge < -0.3 is 9.15 Å². The van der Waals surface area contributed by atoms with Gasteiger partial charge in [-0.2, -0.15) is 5.10 Å². The Balaban J connectivity index is 1.43. The standard InChI is InChI=1S/C20H18N2O3S2/c1-24-15-7-10-17(11-8-15)26-14-19(23)22-21-13-16-9-12-20(25-16)27-18-5-3-2-4-6-18/h2-13H,14H2,1H3,(H,22,23). The molecule has 27 heavy (non-hydrogen) atoms. The lowest BCUT2D eigenvalue weighted by Gasteiger charge is -2.02. The zero-order valence-electron chi connectivity index (χ0n) is 14.6. The molecule has 0 bridgehead atoms. The van der Waals surface area contributed by atoms with Gasteiger partial charge in [0.05, 0.1) is 19.1 Å². The molecule has 5 nitrogen and oxygen atoms in total. The number of carbonyl (C=O) groups excluding carboxylic acids is 1. The molecule has 0 aliphatic heterocycles. The highest BCUT2D eigenvalue weighted by molar-refractivity contribution is 8.00. The van der Waals surface area contributed by atoms with E-state index in [0.717, 1.165) is 20.6 Å². The average molecular weight is 399 g/mol. The normalized spacial score (nSPS) is 10.9. The summed E-state index contributed by atoms with van der Waals surface area (Å²) >= 11 is 2.96. The van der Waals surface area contributed by atoms with E-state index in [0.29, 0.717) is 5.76 Å². The molecule has 1 N–H and O–H groups in total. The zero-order chi connectivity index (χ0) is 18.9. The van der Waals surface area contributed by atoms with Crippen molar-refractivity contribution in [1.29, 1.82) is 0 Å². The summed E-state index contributed by atoms with van der Waals surface area (Å²) in [5.41, 5.74) is 2.50. The Bertz CT molecular complexity index is 893. The molecule has 3 rings (SSSR count). The van der Waals surface area contributed by atoms with Crippen LogP contribution in [0.1, 0.15) is 5.76 Å². The van der Waals surface area contributed by atoms with Gasteiger partial charge >= 0.3 is 0 Å². The fourth-order valence-electron chi connectivity index (χ4n) is 2.08. The number of hydrazone groups is 1. The number of amides is 1. The molecular formula is C20H18N2O3S2. The molecule has 1 aromatic heterocycles. The van der Waals surface area contributed by atoms with Crippen LogP contribution in [0.4, 0.5) is 0 Å². The topological polar surface area (TPSA) is 63.8 Å². The SMILES string of the molecule is COc1ccc(SCC(=O)NN=Cc2ccc(Sc3ccccc3)o2)cc1. The molecule has 138 valence electrons. The maximum atomic E-state index is 11.9. The highest BCUT2D eigenvalue weighted by atomic mass is 32.2. The van der Waals surface area contributed by atoms with Gasteiger partial charge in [0.1, 0.15) is 11.5 Å². The minimum Gasteiger partial charge on any atom is -0.497 e. The summed E-state index contributed by atoms with van der Waals surface area (Å²) in [5, 5.41) is 4.71. The summed E-state index contributed by atoms with van der Waals surface area (Å²) in [6.45, 7) is 0. The number of nitrogens with zero attached hydrogens (tertiary/aromatic N) is 1. The van der Waals surface area contributed by atoms with E-state index in [9.17, 15) is 4.79 Å². The van der Waals surface area contributed by atoms with Gasteiger partial charge in [0, 0.05) is 9.79 Å². The molecule has 0 unspecified atom stereocenters. The smallest absolute Gasteiger partial charge is 0.250 e. The number of benzene rings is 2. The number of nitrogens with one attached hydrogen (secondary N) is 1. The van der Waals surface area contributed by atoms with Crippen LogP contribution in [0.5, 0.6) is 5.75 Å². The molecule has 7 heteroatoms. The van der Waals surface area contributed by atoms with Crippen LogP contribution in [0.2, 0.25) is 0 Å². The monoisotopic (exact) mass is 398 g/mol. The quantitative estimate of drug-likeness (QED) is 0.339. The highest BCUT2D eigenvalue weighted by Crippen LogP contribution is 2.28. The molecule has 2 aromatic carbocycles. The van der Waals surface area contributed by atoms with Crippen molar-refractivity contribution < 1.29 is 13.9 Å². The van der Waals surface area contributed by atoms with Crippen molar-refractivity contribution in [2.45, 2.75) is 14.9 Å². The Kier molecular flexibility index (Phi) is 7.01. The number of hydrogen-bond donors (Lipinski definition) is 1. The van der Waals surface area contributed by atoms with Crippen LogP contribution >= 0.6 is 23.5 Å². The minimum atomic E-state index is -0.183. The third-order valence-corrected chi connectivity index (χ3v) is 5.31. The zero-order valence-corrected chi connectivity index (χ0v) is 16.3. The van der Waals surface area contributed by atoms with Crippen LogP contribution < -0.4 is 10.2 Å². The van der Waals surface area contributed by atoms with Crippen LogP contribution in [0.15, 0.2) is 91.1 Å². The van der Waals surface area contributed by atoms with Crippen molar-refractivity contribution in [3.63, 3.8) is 0 Å². The van der Waals surface area contributed by atoms with Crippen molar-refractivity contribution in [2.24, 2.45) is 5.10 Å². The van der Waals surface area contributed by atoms with E-state index in [1.54, 1.807) is 7.11 Å². The highest BCUT2D eigenvalue weighted by Gasteiger charge is 2.04. The molecule has 0 aliphatic rings. The Hall–Kier alpha value is -2.64. The molecule has 1 heterocycles. The molecular weight excluding hydrogens is 380 g/mol. The van der Waals surface area contributed by atoms with E-state index < -0.39 is 0 Å². The Labute approximate surface area is 166 Å². The third kappa shape index (κ3) is 6.23. The fraction of sp³-hybridized carbons (Fsp3) is 0.100. The summed E-state index contributed by atoms with van der Waals surface area (Å²) in [6, 6.07) is 21.2. The van der Waals surface area contributed by atoms with Crippen molar-refractivity contribution in [2.75, 3.05) is 12.9 Å². The van der Waals surface area contributed by atoms with Gasteiger partial charge in [-0.25, -0.2) is 5.43 Å². The van der Waals surface area contributed by atoms with Crippen LogP contribution in [0, 0.1) is 0 Å². The van der Waals surface area contributed by atoms with Gasteiger partial charge in [-0.15, -0.1) is 11.8 Å². The largest absolute Gasteiger partial charge is 0.497 e. The van der Waals surface area contributed by atoms with Crippen molar-refractivity contribution in [3.8, 4) is 5.75 Å². The number of hydrogen-bond acceptors (Lipinski definition) is 6. The Morgan fingerprint density at radius 1 is 1.07 bits per heavy atom. The Morgan fingerprint density at radius 3 is 2.59 bits per heavy atom. The van der Waals surface area contributed by atoms with Gasteiger partial charge in [0.25, 0.3) is 0 Å². The minimum absolute atomic E-state index is 0.183. The number of methoxy groups -OCH3 is 1. The first-order chi connectivity index (χ1) is 13.2. The molecule has 0 radical (unpaired) electrons. The second-order valence-corrected chi connectivity index (χ2v) is 7.46. The predicted molar refractivity (Wildman–Crippen MR) is 109 cm³/mol. The molecule has 1 amide bonds. The molecule has 3 aromatic rings. The van der Waals surface area contributed by atoms with E-state index >= 15 is 0 Å². The summed E-state index contributed by atoms with van der Waals surface area (Å²) in [6.07, 6.45) is 1.49. The molecule has 0 aliphatic carbocycles. The molecule has 0 spiro atoms. The number of ether oxygens (including phenoxy) is 1. The molecule has 0 saturated heterocycles. The van der Waals surface area contributed by atoms with Gasteiger partial charge in [0.15, 0.2) is 5.09 Å².